The Morgan fingerprint density at radius 1 is 1.43 bits per heavy atom. The number of hydrogen-bond acceptors (Lipinski definition) is 2. The number of aromatic nitrogens is 2. The van der Waals surface area contributed by atoms with Crippen LogP contribution in [0.25, 0.3) is 11.0 Å². The van der Waals surface area contributed by atoms with Crippen molar-refractivity contribution in [1.82, 2.24) is 9.97 Å². The number of hydrogen-bond donors (Lipinski definition) is 2. The molecule has 112 valence electrons. The highest BCUT2D eigenvalue weighted by molar-refractivity contribution is 9.10. The summed E-state index contributed by atoms with van der Waals surface area (Å²) in [5.74, 6) is 0.316. The molecule has 1 heterocycles. The number of nitrogens with one attached hydrogen (secondary N) is 1. The van der Waals surface area contributed by atoms with Gasteiger partial charge in [0, 0.05) is 10.4 Å². The topological polar surface area (TPSA) is 66.0 Å². The lowest BCUT2D eigenvalue weighted by Gasteiger charge is -2.37. The van der Waals surface area contributed by atoms with E-state index < -0.39 is 11.4 Å². The third kappa shape index (κ3) is 2.01. The molecule has 2 atom stereocenters. The van der Waals surface area contributed by atoms with Crippen molar-refractivity contribution in [2.75, 3.05) is 0 Å². The van der Waals surface area contributed by atoms with E-state index in [1.807, 2.05) is 39.0 Å². The molecule has 0 aliphatic heterocycles. The molecular weight excluding hydrogens is 332 g/mol. The Bertz CT molecular complexity index is 722. The first-order chi connectivity index (χ1) is 9.75. The second-order valence-corrected chi connectivity index (χ2v) is 7.65. The molecule has 2 N–H and O–H groups in total. The maximum atomic E-state index is 11.7. The summed E-state index contributed by atoms with van der Waals surface area (Å²) in [6.45, 7) is 5.94. The zero-order valence-corrected chi connectivity index (χ0v) is 14.0. The lowest BCUT2D eigenvalue weighted by Crippen LogP contribution is -2.40. The van der Waals surface area contributed by atoms with Crippen LogP contribution in [0.3, 0.4) is 0 Å². The van der Waals surface area contributed by atoms with Crippen molar-refractivity contribution < 1.29 is 9.90 Å². The molecule has 1 saturated carbocycles. The van der Waals surface area contributed by atoms with Gasteiger partial charge in [-0.05, 0) is 43.4 Å². The molecule has 0 unspecified atom stereocenters. The van der Waals surface area contributed by atoms with Crippen molar-refractivity contribution in [3.05, 3.63) is 28.5 Å². The van der Waals surface area contributed by atoms with Crippen LogP contribution in [0.4, 0.5) is 0 Å². The first kappa shape index (κ1) is 14.6. The quantitative estimate of drug-likeness (QED) is 0.847. The van der Waals surface area contributed by atoms with Crippen LogP contribution in [0.15, 0.2) is 22.7 Å². The fourth-order valence-electron chi connectivity index (χ4n) is 3.53. The lowest BCUT2D eigenvalue weighted by atomic mass is 9.65. The molecule has 1 aliphatic carbocycles. The SMILES string of the molecule is CC1(C)[C@@H](c2nc3ccc(Br)cc3[nH]2)CC[C@@]1(C)C(=O)O. The zero-order chi connectivity index (χ0) is 15.4. The molecule has 0 spiro atoms. The van der Waals surface area contributed by atoms with Gasteiger partial charge in [0.05, 0.1) is 16.4 Å². The number of aliphatic carboxylic acids is 1. The molecule has 4 nitrogen and oxygen atoms in total. The van der Waals surface area contributed by atoms with E-state index in [4.69, 9.17) is 0 Å². The van der Waals surface area contributed by atoms with E-state index in [0.29, 0.717) is 6.42 Å². The van der Waals surface area contributed by atoms with Crippen LogP contribution >= 0.6 is 15.9 Å². The summed E-state index contributed by atoms with van der Waals surface area (Å²) in [6.07, 6.45) is 1.53. The third-order valence-corrected chi connectivity index (χ3v) is 5.98. The molecule has 3 rings (SSSR count). The second-order valence-electron chi connectivity index (χ2n) is 6.73. The van der Waals surface area contributed by atoms with Gasteiger partial charge in [0.15, 0.2) is 0 Å². The summed E-state index contributed by atoms with van der Waals surface area (Å²) in [4.78, 5) is 19.8. The number of aromatic amines is 1. The molecule has 0 bridgehead atoms. The Labute approximate surface area is 132 Å². The van der Waals surface area contributed by atoms with E-state index in [9.17, 15) is 9.90 Å². The maximum absolute atomic E-state index is 11.7. The van der Waals surface area contributed by atoms with Gasteiger partial charge in [0.2, 0.25) is 0 Å². The third-order valence-electron chi connectivity index (χ3n) is 5.49. The van der Waals surface area contributed by atoms with Gasteiger partial charge in [-0.25, -0.2) is 4.98 Å². The van der Waals surface area contributed by atoms with Crippen molar-refractivity contribution in [3.63, 3.8) is 0 Å². The van der Waals surface area contributed by atoms with Gasteiger partial charge in [-0.15, -0.1) is 0 Å². The largest absolute Gasteiger partial charge is 0.481 e. The van der Waals surface area contributed by atoms with Crippen LogP contribution in [0, 0.1) is 10.8 Å². The van der Waals surface area contributed by atoms with E-state index in [2.05, 4.69) is 25.9 Å². The van der Waals surface area contributed by atoms with Gasteiger partial charge >= 0.3 is 5.97 Å². The first-order valence-corrected chi connectivity index (χ1v) is 7.93. The molecule has 1 aromatic carbocycles. The average molecular weight is 351 g/mol. The molecule has 1 fully saturated rings. The summed E-state index contributed by atoms with van der Waals surface area (Å²) < 4.78 is 1.01. The Hall–Kier alpha value is -1.36. The summed E-state index contributed by atoms with van der Waals surface area (Å²) in [5, 5.41) is 9.61. The van der Waals surface area contributed by atoms with E-state index in [-0.39, 0.29) is 11.3 Å². The fourth-order valence-corrected chi connectivity index (χ4v) is 3.89. The number of carboxylic acids is 1. The molecule has 1 aromatic heterocycles. The Morgan fingerprint density at radius 3 is 2.76 bits per heavy atom. The second kappa shape index (κ2) is 4.57. The monoisotopic (exact) mass is 350 g/mol. The molecule has 2 aromatic rings. The number of H-pyrrole nitrogens is 1. The van der Waals surface area contributed by atoms with Gasteiger partial charge in [-0.3, -0.25) is 4.79 Å². The zero-order valence-electron chi connectivity index (χ0n) is 12.4. The Kier molecular flexibility index (Phi) is 3.17. The number of rotatable bonds is 2. The van der Waals surface area contributed by atoms with E-state index in [1.165, 1.54) is 0 Å². The fraction of sp³-hybridized carbons (Fsp3) is 0.500. The van der Waals surface area contributed by atoms with Gasteiger partial charge in [-0.2, -0.15) is 0 Å². The lowest BCUT2D eigenvalue weighted by molar-refractivity contribution is -0.153. The Morgan fingerprint density at radius 2 is 2.14 bits per heavy atom. The number of halogens is 1. The maximum Gasteiger partial charge on any atom is 0.309 e. The predicted octanol–water partition coefficient (Wildman–Crippen LogP) is 4.32. The van der Waals surface area contributed by atoms with Gasteiger partial charge in [0.25, 0.3) is 0 Å². The highest BCUT2D eigenvalue weighted by Crippen LogP contribution is 2.59. The van der Waals surface area contributed by atoms with E-state index >= 15 is 0 Å². The van der Waals surface area contributed by atoms with Gasteiger partial charge in [-0.1, -0.05) is 29.8 Å². The molecule has 0 radical (unpaired) electrons. The molecule has 0 amide bonds. The predicted molar refractivity (Wildman–Crippen MR) is 85.3 cm³/mol. The van der Waals surface area contributed by atoms with E-state index in [0.717, 1.165) is 27.8 Å². The van der Waals surface area contributed by atoms with Crippen LogP contribution in [0.5, 0.6) is 0 Å². The van der Waals surface area contributed by atoms with Crippen LogP contribution in [0.2, 0.25) is 0 Å². The summed E-state index contributed by atoms with van der Waals surface area (Å²) >= 11 is 3.46. The molecule has 21 heavy (non-hydrogen) atoms. The van der Waals surface area contributed by atoms with Crippen LogP contribution in [0.1, 0.15) is 45.4 Å². The highest BCUT2D eigenvalue weighted by Gasteiger charge is 2.57. The molecule has 5 heteroatoms. The van der Waals surface area contributed by atoms with Crippen LogP contribution in [-0.2, 0) is 4.79 Å². The van der Waals surface area contributed by atoms with Crippen molar-refractivity contribution >= 4 is 32.9 Å². The smallest absolute Gasteiger partial charge is 0.309 e. The minimum atomic E-state index is -0.714. The number of carbonyl (C=O) groups is 1. The van der Waals surface area contributed by atoms with Crippen molar-refractivity contribution in [2.45, 2.75) is 39.5 Å². The van der Waals surface area contributed by atoms with Crippen molar-refractivity contribution in [3.8, 4) is 0 Å². The van der Waals surface area contributed by atoms with Crippen LogP contribution < -0.4 is 0 Å². The average Bonchev–Trinajstić information content (AvgIpc) is 2.89. The van der Waals surface area contributed by atoms with E-state index in [1.54, 1.807) is 0 Å². The van der Waals surface area contributed by atoms with Crippen molar-refractivity contribution in [1.29, 1.82) is 0 Å². The number of imidazole rings is 1. The molecule has 1 aliphatic rings. The Balaban J connectivity index is 2.05. The number of carboxylic acid groups (broad SMARTS) is 1. The number of nitrogens with zero attached hydrogens (tertiary/aromatic N) is 1. The minimum Gasteiger partial charge on any atom is -0.481 e. The minimum absolute atomic E-state index is 0.129. The van der Waals surface area contributed by atoms with Crippen LogP contribution in [-0.4, -0.2) is 21.0 Å². The molecule has 0 saturated heterocycles. The van der Waals surface area contributed by atoms with Gasteiger partial charge < -0.3 is 10.1 Å². The first-order valence-electron chi connectivity index (χ1n) is 7.14. The van der Waals surface area contributed by atoms with Gasteiger partial charge in [0.1, 0.15) is 5.82 Å². The number of fused-ring (bicyclic) bond motifs is 1. The summed E-state index contributed by atoms with van der Waals surface area (Å²) in [5.41, 5.74) is 0.855. The number of benzene rings is 1. The highest BCUT2D eigenvalue weighted by atomic mass is 79.9. The van der Waals surface area contributed by atoms with Crippen molar-refractivity contribution in [2.24, 2.45) is 10.8 Å². The normalized spacial score (nSPS) is 28.1. The summed E-state index contributed by atoms with van der Waals surface area (Å²) in [6, 6.07) is 5.94. The summed E-state index contributed by atoms with van der Waals surface area (Å²) in [7, 11) is 0. The molecular formula is C16H19BrN2O2. The standard InChI is InChI=1S/C16H19BrN2O2/c1-15(2)10(6-7-16(15,3)14(20)21)13-18-11-5-4-9(17)8-12(11)19-13/h4-5,8,10H,6-7H2,1-3H3,(H,18,19)(H,20,21)/t10-,16+/m1/s1.